The van der Waals surface area contributed by atoms with E-state index in [4.69, 9.17) is 0 Å². The first-order valence-corrected chi connectivity index (χ1v) is 11.2. The van der Waals surface area contributed by atoms with Crippen molar-refractivity contribution < 1.29 is 5.11 Å². The van der Waals surface area contributed by atoms with Gasteiger partial charge in [0.05, 0.1) is 5.60 Å². The number of hydrogen-bond acceptors (Lipinski definition) is 2. The van der Waals surface area contributed by atoms with E-state index in [1.54, 1.807) is 5.57 Å². The van der Waals surface area contributed by atoms with Crippen molar-refractivity contribution in [2.75, 3.05) is 0 Å². The summed E-state index contributed by atoms with van der Waals surface area (Å²) in [4.78, 5) is 4.39. The average molecular weight is 366 g/mol. The third kappa shape index (κ3) is 2.58. The summed E-state index contributed by atoms with van der Waals surface area (Å²) in [7, 11) is 0. The molecule has 1 heterocycles. The van der Waals surface area contributed by atoms with E-state index in [2.05, 4.69) is 50.2 Å². The molecule has 1 aromatic rings. The Hall–Kier alpha value is -1.15. The number of aliphatic hydroxyl groups is 1. The van der Waals surface area contributed by atoms with Gasteiger partial charge in [-0.25, -0.2) is 0 Å². The van der Waals surface area contributed by atoms with Crippen LogP contribution in [0.2, 0.25) is 0 Å². The van der Waals surface area contributed by atoms with Crippen molar-refractivity contribution in [1.82, 2.24) is 4.98 Å². The topological polar surface area (TPSA) is 33.1 Å². The highest BCUT2D eigenvalue weighted by Gasteiger charge is 2.59. The second-order valence-electron chi connectivity index (χ2n) is 10.9. The molecule has 0 spiro atoms. The zero-order chi connectivity index (χ0) is 18.9. The highest BCUT2D eigenvalue weighted by Crippen LogP contribution is 2.67. The van der Waals surface area contributed by atoms with Gasteiger partial charge in [-0.15, -0.1) is 0 Å². The molecule has 5 rings (SSSR count). The van der Waals surface area contributed by atoms with E-state index >= 15 is 0 Å². The molecule has 1 unspecified atom stereocenters. The number of fused-ring (bicyclic) bond motifs is 5. The normalized spacial score (nSPS) is 49.0. The number of rotatable bonds is 1. The SMILES string of the molecule is C[C@@]1(O)CC[C@@]2(C)C(CC[C@@H]3[C@@H]2CC[C@]2(C)C(c4cccnc4)=CC[C@@H]32)C1. The molecule has 0 aromatic carbocycles. The predicted molar refractivity (Wildman–Crippen MR) is 110 cm³/mol. The minimum absolute atomic E-state index is 0.327. The van der Waals surface area contributed by atoms with Gasteiger partial charge in [0.25, 0.3) is 0 Å². The summed E-state index contributed by atoms with van der Waals surface area (Å²) in [5, 5.41) is 10.7. The summed E-state index contributed by atoms with van der Waals surface area (Å²) in [6.45, 7) is 7.19. The van der Waals surface area contributed by atoms with Gasteiger partial charge in [0.1, 0.15) is 0 Å². The monoisotopic (exact) mass is 365 g/mol. The Morgan fingerprint density at radius 3 is 2.67 bits per heavy atom. The van der Waals surface area contributed by atoms with Gasteiger partial charge in [0, 0.05) is 12.4 Å². The minimum Gasteiger partial charge on any atom is -0.390 e. The summed E-state index contributed by atoms with van der Waals surface area (Å²) in [5.74, 6) is 3.23. The molecular formula is C25H35NO. The number of pyridine rings is 1. The molecule has 0 bridgehead atoms. The van der Waals surface area contributed by atoms with Crippen molar-refractivity contribution in [3.63, 3.8) is 0 Å². The number of nitrogens with zero attached hydrogens (tertiary/aromatic N) is 1. The Kier molecular flexibility index (Phi) is 3.93. The third-order valence-electron chi connectivity index (χ3n) is 9.51. The fraction of sp³-hybridized carbons (Fsp3) is 0.720. The predicted octanol–water partition coefficient (Wildman–Crippen LogP) is 5.87. The second-order valence-corrected chi connectivity index (χ2v) is 10.9. The van der Waals surface area contributed by atoms with Crippen LogP contribution in [0.4, 0.5) is 0 Å². The molecule has 7 atom stereocenters. The van der Waals surface area contributed by atoms with E-state index < -0.39 is 5.60 Å². The van der Waals surface area contributed by atoms with Gasteiger partial charge in [-0.05, 0) is 110 Å². The number of aromatic nitrogens is 1. The smallest absolute Gasteiger partial charge is 0.0622 e. The van der Waals surface area contributed by atoms with Crippen LogP contribution in [0.3, 0.4) is 0 Å². The maximum atomic E-state index is 10.7. The Morgan fingerprint density at radius 2 is 1.89 bits per heavy atom. The van der Waals surface area contributed by atoms with E-state index in [0.29, 0.717) is 10.8 Å². The summed E-state index contributed by atoms with van der Waals surface area (Å²) >= 11 is 0. The average Bonchev–Trinajstić information content (AvgIpc) is 3.00. The van der Waals surface area contributed by atoms with Gasteiger partial charge >= 0.3 is 0 Å². The van der Waals surface area contributed by atoms with Gasteiger partial charge < -0.3 is 5.11 Å². The Morgan fingerprint density at radius 1 is 1.04 bits per heavy atom. The lowest BCUT2D eigenvalue weighted by atomic mass is 9.44. The Balaban J connectivity index is 1.43. The van der Waals surface area contributed by atoms with Crippen LogP contribution in [0.1, 0.15) is 77.7 Å². The molecule has 1 aromatic heterocycles. The van der Waals surface area contributed by atoms with Crippen LogP contribution in [0.25, 0.3) is 5.57 Å². The van der Waals surface area contributed by atoms with Crippen LogP contribution in [0, 0.1) is 34.5 Å². The highest BCUT2D eigenvalue weighted by atomic mass is 16.3. The maximum Gasteiger partial charge on any atom is 0.0622 e. The van der Waals surface area contributed by atoms with Crippen molar-refractivity contribution >= 4 is 5.57 Å². The number of allylic oxidation sites excluding steroid dienone is 2. The van der Waals surface area contributed by atoms with E-state index in [1.807, 2.05) is 6.20 Å². The number of hydrogen-bond donors (Lipinski definition) is 1. The van der Waals surface area contributed by atoms with Gasteiger partial charge in [-0.2, -0.15) is 0 Å². The van der Waals surface area contributed by atoms with E-state index in [0.717, 1.165) is 36.5 Å². The molecule has 2 nitrogen and oxygen atoms in total. The molecule has 0 amide bonds. The van der Waals surface area contributed by atoms with Crippen LogP contribution in [-0.4, -0.2) is 15.7 Å². The molecule has 27 heavy (non-hydrogen) atoms. The summed E-state index contributed by atoms with van der Waals surface area (Å²) in [5.41, 5.74) is 3.26. The molecule has 0 saturated heterocycles. The molecule has 0 radical (unpaired) electrons. The molecule has 146 valence electrons. The molecule has 2 heteroatoms. The zero-order valence-electron chi connectivity index (χ0n) is 17.2. The summed E-state index contributed by atoms with van der Waals surface area (Å²) in [6.07, 6.45) is 16.4. The fourth-order valence-corrected chi connectivity index (χ4v) is 7.97. The van der Waals surface area contributed by atoms with Gasteiger partial charge in [0.2, 0.25) is 0 Å². The molecule has 3 saturated carbocycles. The zero-order valence-corrected chi connectivity index (χ0v) is 17.2. The quantitative estimate of drug-likeness (QED) is 0.675. The minimum atomic E-state index is -0.428. The molecule has 4 aliphatic carbocycles. The van der Waals surface area contributed by atoms with Crippen molar-refractivity contribution in [2.45, 2.75) is 77.7 Å². The van der Waals surface area contributed by atoms with Crippen molar-refractivity contribution in [1.29, 1.82) is 0 Å². The first-order chi connectivity index (χ1) is 12.8. The Labute approximate surface area is 164 Å². The molecule has 1 N–H and O–H groups in total. The maximum absolute atomic E-state index is 10.7. The van der Waals surface area contributed by atoms with Crippen LogP contribution < -0.4 is 0 Å². The lowest BCUT2D eigenvalue weighted by Gasteiger charge is -2.61. The van der Waals surface area contributed by atoms with Gasteiger partial charge in [-0.3, -0.25) is 4.98 Å². The molecule has 4 aliphatic rings. The van der Waals surface area contributed by atoms with Crippen LogP contribution in [-0.2, 0) is 0 Å². The van der Waals surface area contributed by atoms with Crippen LogP contribution in [0.5, 0.6) is 0 Å². The second kappa shape index (κ2) is 5.92. The van der Waals surface area contributed by atoms with Crippen molar-refractivity contribution in [3.05, 3.63) is 36.2 Å². The summed E-state index contributed by atoms with van der Waals surface area (Å²) in [6, 6.07) is 4.33. The molecule has 0 aliphatic heterocycles. The Bertz CT molecular complexity index is 753. The lowest BCUT2D eigenvalue weighted by Crippen LogP contribution is -2.55. The standard InChI is InChI=1S/C25H35NO/c1-23(27)12-13-24(2)18(15-23)6-7-19-21-9-8-20(17-5-4-14-26-16-17)25(21,3)11-10-22(19)24/h4-5,8,14,16,18-19,21-22,27H,6-7,9-13,15H2,1-3H3/t18?,19-,21-,22-,23+,24-,25+/m0/s1. The highest BCUT2D eigenvalue weighted by molar-refractivity contribution is 5.72. The van der Waals surface area contributed by atoms with Crippen LogP contribution in [0.15, 0.2) is 30.6 Å². The van der Waals surface area contributed by atoms with E-state index in [-0.39, 0.29) is 0 Å². The molecular weight excluding hydrogens is 330 g/mol. The van der Waals surface area contributed by atoms with E-state index in [1.165, 1.54) is 44.1 Å². The largest absolute Gasteiger partial charge is 0.390 e. The van der Waals surface area contributed by atoms with Gasteiger partial charge in [0.15, 0.2) is 0 Å². The van der Waals surface area contributed by atoms with Crippen LogP contribution >= 0.6 is 0 Å². The molecule has 3 fully saturated rings. The van der Waals surface area contributed by atoms with Crippen molar-refractivity contribution in [3.8, 4) is 0 Å². The third-order valence-corrected chi connectivity index (χ3v) is 9.51. The first-order valence-electron chi connectivity index (χ1n) is 11.2. The summed E-state index contributed by atoms with van der Waals surface area (Å²) < 4.78 is 0. The fourth-order valence-electron chi connectivity index (χ4n) is 7.97. The van der Waals surface area contributed by atoms with Crippen molar-refractivity contribution in [2.24, 2.45) is 34.5 Å². The lowest BCUT2D eigenvalue weighted by molar-refractivity contribution is -0.138. The van der Waals surface area contributed by atoms with Gasteiger partial charge in [-0.1, -0.05) is 26.0 Å². The van der Waals surface area contributed by atoms with E-state index in [9.17, 15) is 5.11 Å². The first kappa shape index (κ1) is 17.9.